The summed E-state index contributed by atoms with van der Waals surface area (Å²) in [5.41, 5.74) is 1.01. The minimum Gasteiger partial charge on any atom is -0.385 e. The number of hydrogen-bond acceptors (Lipinski definition) is 2. The highest BCUT2D eigenvalue weighted by Gasteiger charge is 2.09. The molecule has 0 aliphatic rings. The first kappa shape index (κ1) is 12.1. The summed E-state index contributed by atoms with van der Waals surface area (Å²) < 4.78 is 23.0. The molecule has 0 saturated carbocycles. The van der Waals surface area contributed by atoms with Gasteiger partial charge in [-0.25, -0.2) is 4.39 Å². The Morgan fingerprint density at radius 2 is 1.87 bits per heavy atom. The Balaban J connectivity index is 2.53. The van der Waals surface area contributed by atoms with Gasteiger partial charge in [0, 0.05) is 20.8 Å². The van der Waals surface area contributed by atoms with Crippen LogP contribution in [0.1, 0.15) is 24.5 Å². The van der Waals surface area contributed by atoms with Crippen molar-refractivity contribution >= 4 is 0 Å². The van der Waals surface area contributed by atoms with Crippen molar-refractivity contribution < 1.29 is 13.9 Å². The van der Waals surface area contributed by atoms with Crippen molar-refractivity contribution in [1.29, 1.82) is 0 Å². The maximum absolute atomic E-state index is 12.7. The third kappa shape index (κ3) is 3.98. The van der Waals surface area contributed by atoms with Gasteiger partial charge in [0.05, 0.1) is 6.10 Å². The van der Waals surface area contributed by atoms with Crippen molar-refractivity contribution in [2.45, 2.75) is 18.9 Å². The Labute approximate surface area is 90.0 Å². The molecule has 0 aliphatic carbocycles. The molecule has 1 unspecified atom stereocenters. The zero-order chi connectivity index (χ0) is 11.1. The largest absolute Gasteiger partial charge is 0.385 e. The van der Waals surface area contributed by atoms with Gasteiger partial charge in [-0.2, -0.15) is 0 Å². The van der Waals surface area contributed by atoms with Crippen LogP contribution in [0.25, 0.3) is 0 Å². The third-order valence-electron chi connectivity index (χ3n) is 2.34. The van der Waals surface area contributed by atoms with Crippen molar-refractivity contribution in [1.82, 2.24) is 0 Å². The zero-order valence-electron chi connectivity index (χ0n) is 9.20. The Morgan fingerprint density at radius 3 is 2.40 bits per heavy atom. The van der Waals surface area contributed by atoms with Gasteiger partial charge < -0.3 is 9.47 Å². The number of ether oxygens (including phenoxy) is 2. The number of rotatable bonds is 6. The molecular formula is C12H17FO2. The summed E-state index contributed by atoms with van der Waals surface area (Å²) in [6.07, 6.45) is 1.85. The second kappa shape index (κ2) is 6.53. The quantitative estimate of drug-likeness (QED) is 0.675. The Morgan fingerprint density at radius 1 is 1.20 bits per heavy atom. The molecule has 0 spiro atoms. The molecule has 0 aromatic heterocycles. The van der Waals surface area contributed by atoms with E-state index in [1.807, 2.05) is 0 Å². The van der Waals surface area contributed by atoms with Crippen LogP contribution in [0.5, 0.6) is 0 Å². The molecule has 0 amide bonds. The molecule has 84 valence electrons. The van der Waals surface area contributed by atoms with Gasteiger partial charge in [0.25, 0.3) is 0 Å². The van der Waals surface area contributed by atoms with Gasteiger partial charge >= 0.3 is 0 Å². The van der Waals surface area contributed by atoms with Gasteiger partial charge in [0.1, 0.15) is 5.82 Å². The lowest BCUT2D eigenvalue weighted by Gasteiger charge is -2.15. The lowest BCUT2D eigenvalue weighted by Crippen LogP contribution is -2.03. The van der Waals surface area contributed by atoms with Crippen LogP contribution in [-0.2, 0) is 9.47 Å². The predicted octanol–water partition coefficient (Wildman–Crippen LogP) is 2.94. The van der Waals surface area contributed by atoms with E-state index >= 15 is 0 Å². The molecule has 0 N–H and O–H groups in total. The van der Waals surface area contributed by atoms with Gasteiger partial charge in [0.15, 0.2) is 0 Å². The van der Waals surface area contributed by atoms with Crippen LogP contribution in [-0.4, -0.2) is 20.8 Å². The van der Waals surface area contributed by atoms with E-state index in [9.17, 15) is 4.39 Å². The van der Waals surface area contributed by atoms with Crippen molar-refractivity contribution in [2.75, 3.05) is 20.8 Å². The summed E-state index contributed by atoms with van der Waals surface area (Å²) in [5.74, 6) is -0.217. The molecule has 0 fully saturated rings. The molecule has 1 rings (SSSR count). The first-order valence-electron chi connectivity index (χ1n) is 5.05. The minimum absolute atomic E-state index is 0.0285. The smallest absolute Gasteiger partial charge is 0.123 e. The number of benzene rings is 1. The second-order valence-corrected chi connectivity index (χ2v) is 3.41. The fraction of sp³-hybridized carbons (Fsp3) is 0.500. The van der Waals surface area contributed by atoms with E-state index in [-0.39, 0.29) is 11.9 Å². The SMILES string of the molecule is COCCCC(OC)c1ccc(F)cc1. The van der Waals surface area contributed by atoms with E-state index in [0.29, 0.717) is 0 Å². The van der Waals surface area contributed by atoms with E-state index in [4.69, 9.17) is 9.47 Å². The summed E-state index contributed by atoms with van der Waals surface area (Å²) in [6, 6.07) is 6.43. The minimum atomic E-state index is -0.217. The Kier molecular flexibility index (Phi) is 5.29. The summed E-state index contributed by atoms with van der Waals surface area (Å²) in [6.45, 7) is 0.723. The fourth-order valence-corrected chi connectivity index (χ4v) is 1.51. The first-order valence-corrected chi connectivity index (χ1v) is 5.05. The average molecular weight is 212 g/mol. The Hall–Kier alpha value is -0.930. The van der Waals surface area contributed by atoms with Crippen LogP contribution in [0.4, 0.5) is 4.39 Å². The molecule has 1 aromatic rings. The maximum atomic E-state index is 12.7. The molecule has 0 radical (unpaired) electrons. The van der Waals surface area contributed by atoms with Crippen LogP contribution in [0.2, 0.25) is 0 Å². The second-order valence-electron chi connectivity index (χ2n) is 3.41. The average Bonchev–Trinajstić information content (AvgIpc) is 2.26. The van der Waals surface area contributed by atoms with Gasteiger partial charge in [-0.15, -0.1) is 0 Å². The zero-order valence-corrected chi connectivity index (χ0v) is 9.20. The molecule has 1 atom stereocenters. The van der Waals surface area contributed by atoms with E-state index in [0.717, 1.165) is 25.0 Å². The van der Waals surface area contributed by atoms with E-state index in [1.165, 1.54) is 12.1 Å². The van der Waals surface area contributed by atoms with E-state index in [1.54, 1.807) is 26.4 Å². The highest BCUT2D eigenvalue weighted by atomic mass is 19.1. The van der Waals surface area contributed by atoms with Crippen molar-refractivity contribution in [3.8, 4) is 0 Å². The predicted molar refractivity (Wildman–Crippen MR) is 57.3 cm³/mol. The molecule has 0 aliphatic heterocycles. The van der Waals surface area contributed by atoms with Crippen LogP contribution >= 0.6 is 0 Å². The molecule has 15 heavy (non-hydrogen) atoms. The van der Waals surface area contributed by atoms with Crippen LogP contribution in [0.15, 0.2) is 24.3 Å². The van der Waals surface area contributed by atoms with Crippen LogP contribution < -0.4 is 0 Å². The first-order chi connectivity index (χ1) is 7.27. The van der Waals surface area contributed by atoms with Gasteiger partial charge in [-0.1, -0.05) is 12.1 Å². The molecule has 0 heterocycles. The fourth-order valence-electron chi connectivity index (χ4n) is 1.51. The molecule has 2 nitrogen and oxygen atoms in total. The van der Waals surface area contributed by atoms with Gasteiger partial charge in [-0.3, -0.25) is 0 Å². The van der Waals surface area contributed by atoms with E-state index in [2.05, 4.69) is 0 Å². The molecule has 0 bridgehead atoms. The third-order valence-corrected chi connectivity index (χ3v) is 2.34. The van der Waals surface area contributed by atoms with E-state index < -0.39 is 0 Å². The summed E-state index contributed by atoms with van der Waals surface area (Å²) in [7, 11) is 3.35. The number of hydrogen-bond donors (Lipinski definition) is 0. The lowest BCUT2D eigenvalue weighted by atomic mass is 10.1. The van der Waals surface area contributed by atoms with Crippen molar-refractivity contribution in [3.05, 3.63) is 35.6 Å². The van der Waals surface area contributed by atoms with Gasteiger partial charge in [-0.05, 0) is 30.5 Å². The summed E-state index contributed by atoms with van der Waals surface area (Å²) in [4.78, 5) is 0. The lowest BCUT2D eigenvalue weighted by molar-refractivity contribution is 0.0834. The highest BCUT2D eigenvalue weighted by Crippen LogP contribution is 2.21. The molecular weight excluding hydrogens is 195 g/mol. The standard InChI is InChI=1S/C12H17FO2/c1-14-9-3-4-12(15-2)10-5-7-11(13)8-6-10/h5-8,12H,3-4,9H2,1-2H3. The monoisotopic (exact) mass is 212 g/mol. The van der Waals surface area contributed by atoms with Crippen LogP contribution in [0, 0.1) is 5.82 Å². The summed E-state index contributed by atoms with van der Waals surface area (Å²) >= 11 is 0. The van der Waals surface area contributed by atoms with Crippen molar-refractivity contribution in [3.63, 3.8) is 0 Å². The topological polar surface area (TPSA) is 18.5 Å². The molecule has 1 aromatic carbocycles. The van der Waals surface area contributed by atoms with Crippen molar-refractivity contribution in [2.24, 2.45) is 0 Å². The highest BCUT2D eigenvalue weighted by molar-refractivity contribution is 5.18. The number of methoxy groups -OCH3 is 2. The number of halogens is 1. The maximum Gasteiger partial charge on any atom is 0.123 e. The normalized spacial score (nSPS) is 12.7. The Bertz CT molecular complexity index is 271. The van der Waals surface area contributed by atoms with Crippen LogP contribution in [0.3, 0.4) is 0 Å². The molecule has 3 heteroatoms. The summed E-state index contributed by atoms with van der Waals surface area (Å²) in [5, 5.41) is 0. The molecule has 0 saturated heterocycles. The van der Waals surface area contributed by atoms with Gasteiger partial charge in [0.2, 0.25) is 0 Å².